The summed E-state index contributed by atoms with van der Waals surface area (Å²) in [4.78, 5) is 0. The van der Waals surface area contributed by atoms with Crippen molar-refractivity contribution in [2.75, 3.05) is 6.54 Å². The fourth-order valence-electron chi connectivity index (χ4n) is 2.53. The van der Waals surface area contributed by atoms with Gasteiger partial charge in [-0.25, -0.2) is 0 Å². The van der Waals surface area contributed by atoms with E-state index in [-0.39, 0.29) is 6.10 Å². The summed E-state index contributed by atoms with van der Waals surface area (Å²) >= 11 is 0. The van der Waals surface area contributed by atoms with Crippen LogP contribution in [0.15, 0.2) is 6.33 Å². The zero-order valence-corrected chi connectivity index (χ0v) is 10.5. The van der Waals surface area contributed by atoms with E-state index in [1.807, 2.05) is 11.6 Å². The molecule has 1 saturated carbocycles. The second-order valence-electron chi connectivity index (χ2n) is 5.03. The van der Waals surface area contributed by atoms with Crippen LogP contribution in [0, 0.1) is 5.92 Å². The van der Waals surface area contributed by atoms with Gasteiger partial charge in [0, 0.05) is 13.6 Å². The molecule has 2 rings (SSSR count). The molecule has 0 radical (unpaired) electrons. The molecule has 17 heavy (non-hydrogen) atoms. The van der Waals surface area contributed by atoms with E-state index < -0.39 is 0 Å². The number of aliphatic hydroxyl groups is 1. The first-order chi connectivity index (χ1) is 8.25. The maximum atomic E-state index is 9.90. The monoisotopic (exact) mass is 238 g/mol. The lowest BCUT2D eigenvalue weighted by Gasteiger charge is -2.15. The van der Waals surface area contributed by atoms with Crippen LogP contribution in [-0.4, -0.2) is 32.5 Å². The zero-order chi connectivity index (χ0) is 12.1. The first kappa shape index (κ1) is 12.5. The van der Waals surface area contributed by atoms with Crippen molar-refractivity contribution in [1.82, 2.24) is 20.1 Å². The minimum atomic E-state index is -0.230. The van der Waals surface area contributed by atoms with Crippen LogP contribution in [-0.2, 0) is 13.6 Å². The van der Waals surface area contributed by atoms with Gasteiger partial charge in [0.05, 0.1) is 12.6 Å². The Morgan fingerprint density at radius 3 is 2.94 bits per heavy atom. The van der Waals surface area contributed by atoms with Gasteiger partial charge in [0.2, 0.25) is 0 Å². The number of nitrogens with zero attached hydrogens (tertiary/aromatic N) is 3. The summed E-state index contributed by atoms with van der Waals surface area (Å²) in [7, 11) is 1.92. The standard InChI is InChI=1S/C12H22N4O/c1-16-9-14-15-12(16)8-13-7-11(17)6-10-4-2-3-5-10/h9-11,13,17H,2-8H2,1H3. The van der Waals surface area contributed by atoms with Gasteiger partial charge >= 0.3 is 0 Å². The summed E-state index contributed by atoms with van der Waals surface area (Å²) in [6.07, 6.45) is 7.65. The Morgan fingerprint density at radius 2 is 2.29 bits per heavy atom. The van der Waals surface area contributed by atoms with Gasteiger partial charge in [-0.3, -0.25) is 0 Å². The molecular formula is C12H22N4O. The van der Waals surface area contributed by atoms with Crippen LogP contribution in [0.5, 0.6) is 0 Å². The van der Waals surface area contributed by atoms with Crippen LogP contribution < -0.4 is 5.32 Å². The summed E-state index contributed by atoms with van der Waals surface area (Å²) in [6.45, 7) is 1.31. The predicted octanol–water partition coefficient (Wildman–Crippen LogP) is 0.846. The van der Waals surface area contributed by atoms with Crippen molar-refractivity contribution >= 4 is 0 Å². The molecule has 5 nitrogen and oxygen atoms in total. The SMILES string of the molecule is Cn1cnnc1CNCC(O)CC1CCCC1. The Bertz CT molecular complexity index is 333. The van der Waals surface area contributed by atoms with Crippen LogP contribution in [0.1, 0.15) is 37.9 Å². The van der Waals surface area contributed by atoms with Crippen molar-refractivity contribution in [3.63, 3.8) is 0 Å². The van der Waals surface area contributed by atoms with Gasteiger partial charge in [-0.1, -0.05) is 25.7 Å². The largest absolute Gasteiger partial charge is 0.392 e. The first-order valence-electron chi connectivity index (χ1n) is 6.47. The zero-order valence-electron chi connectivity index (χ0n) is 10.5. The lowest BCUT2D eigenvalue weighted by atomic mass is 10.0. The van der Waals surface area contributed by atoms with Crippen molar-refractivity contribution in [3.05, 3.63) is 12.2 Å². The maximum absolute atomic E-state index is 9.90. The van der Waals surface area contributed by atoms with Crippen molar-refractivity contribution in [3.8, 4) is 0 Å². The number of rotatable bonds is 6. The van der Waals surface area contributed by atoms with E-state index in [1.165, 1.54) is 25.7 Å². The smallest absolute Gasteiger partial charge is 0.146 e. The molecule has 0 aliphatic heterocycles. The molecule has 0 spiro atoms. The number of aliphatic hydroxyl groups excluding tert-OH is 1. The molecule has 1 aliphatic rings. The summed E-state index contributed by atoms with van der Waals surface area (Å²) in [5.74, 6) is 1.64. The summed E-state index contributed by atoms with van der Waals surface area (Å²) in [5.41, 5.74) is 0. The molecule has 1 aliphatic carbocycles. The molecule has 0 bridgehead atoms. The molecule has 1 aromatic heterocycles. The van der Waals surface area contributed by atoms with Crippen LogP contribution in [0.2, 0.25) is 0 Å². The van der Waals surface area contributed by atoms with Gasteiger partial charge in [-0.15, -0.1) is 10.2 Å². The van der Waals surface area contributed by atoms with E-state index in [4.69, 9.17) is 0 Å². The molecule has 0 amide bonds. The molecule has 1 atom stereocenters. The van der Waals surface area contributed by atoms with Crippen LogP contribution in [0.3, 0.4) is 0 Å². The van der Waals surface area contributed by atoms with Crippen molar-refractivity contribution in [2.45, 2.75) is 44.8 Å². The van der Waals surface area contributed by atoms with E-state index >= 15 is 0 Å². The topological polar surface area (TPSA) is 63.0 Å². The maximum Gasteiger partial charge on any atom is 0.146 e. The second kappa shape index (κ2) is 6.12. The fraction of sp³-hybridized carbons (Fsp3) is 0.833. The van der Waals surface area contributed by atoms with E-state index in [9.17, 15) is 5.11 Å². The molecule has 5 heteroatoms. The third-order valence-corrected chi connectivity index (χ3v) is 3.55. The molecular weight excluding hydrogens is 216 g/mol. The number of hydrogen-bond donors (Lipinski definition) is 2. The van der Waals surface area contributed by atoms with Gasteiger partial charge in [0.1, 0.15) is 12.2 Å². The minimum absolute atomic E-state index is 0.230. The number of aryl methyl sites for hydroxylation is 1. The van der Waals surface area contributed by atoms with Gasteiger partial charge in [-0.05, 0) is 12.3 Å². The Kier molecular flexibility index (Phi) is 4.50. The van der Waals surface area contributed by atoms with Crippen LogP contribution >= 0.6 is 0 Å². The Balaban J connectivity index is 1.62. The molecule has 1 unspecified atom stereocenters. The summed E-state index contributed by atoms with van der Waals surface area (Å²) in [6, 6.07) is 0. The van der Waals surface area contributed by atoms with E-state index in [1.54, 1.807) is 6.33 Å². The third kappa shape index (κ3) is 3.78. The number of aromatic nitrogens is 3. The minimum Gasteiger partial charge on any atom is -0.392 e. The lowest BCUT2D eigenvalue weighted by molar-refractivity contribution is 0.140. The Hall–Kier alpha value is -0.940. The fourth-order valence-corrected chi connectivity index (χ4v) is 2.53. The summed E-state index contributed by atoms with van der Waals surface area (Å²) in [5, 5.41) is 20.9. The third-order valence-electron chi connectivity index (χ3n) is 3.55. The highest BCUT2D eigenvalue weighted by Crippen LogP contribution is 2.28. The van der Waals surface area contributed by atoms with Gasteiger partial charge < -0.3 is 15.0 Å². The van der Waals surface area contributed by atoms with E-state index in [0.29, 0.717) is 13.1 Å². The van der Waals surface area contributed by atoms with E-state index in [0.717, 1.165) is 18.2 Å². The lowest BCUT2D eigenvalue weighted by Crippen LogP contribution is -2.28. The van der Waals surface area contributed by atoms with Crippen molar-refractivity contribution in [1.29, 1.82) is 0 Å². The predicted molar refractivity (Wildman–Crippen MR) is 65.3 cm³/mol. The molecule has 0 aromatic carbocycles. The van der Waals surface area contributed by atoms with Gasteiger partial charge in [0.25, 0.3) is 0 Å². The summed E-state index contributed by atoms with van der Waals surface area (Å²) < 4.78 is 1.89. The molecule has 2 N–H and O–H groups in total. The number of hydrogen-bond acceptors (Lipinski definition) is 4. The highest BCUT2D eigenvalue weighted by molar-refractivity contribution is 4.83. The van der Waals surface area contributed by atoms with Crippen LogP contribution in [0.25, 0.3) is 0 Å². The Labute approximate surface area is 102 Å². The molecule has 1 aromatic rings. The van der Waals surface area contributed by atoms with E-state index in [2.05, 4.69) is 15.5 Å². The van der Waals surface area contributed by atoms with Crippen molar-refractivity contribution < 1.29 is 5.11 Å². The van der Waals surface area contributed by atoms with Crippen LogP contribution in [0.4, 0.5) is 0 Å². The number of nitrogens with one attached hydrogen (secondary N) is 1. The average Bonchev–Trinajstić information content (AvgIpc) is 2.91. The first-order valence-corrected chi connectivity index (χ1v) is 6.47. The Morgan fingerprint density at radius 1 is 1.53 bits per heavy atom. The highest BCUT2D eigenvalue weighted by atomic mass is 16.3. The van der Waals surface area contributed by atoms with Gasteiger partial charge in [-0.2, -0.15) is 0 Å². The second-order valence-corrected chi connectivity index (χ2v) is 5.03. The average molecular weight is 238 g/mol. The normalized spacial score (nSPS) is 18.7. The highest BCUT2D eigenvalue weighted by Gasteiger charge is 2.18. The van der Waals surface area contributed by atoms with Gasteiger partial charge in [0.15, 0.2) is 0 Å². The van der Waals surface area contributed by atoms with Crippen molar-refractivity contribution in [2.24, 2.45) is 13.0 Å². The molecule has 0 saturated heterocycles. The molecule has 96 valence electrons. The quantitative estimate of drug-likeness (QED) is 0.771. The molecule has 1 heterocycles. The molecule has 1 fully saturated rings.